The number of aromatic nitrogens is 2. The number of nitrogens with one attached hydrogen (secondary N) is 2. The fraction of sp³-hybridized carbons (Fsp3) is 0.304. The van der Waals surface area contributed by atoms with Crippen LogP contribution in [-0.2, 0) is 6.42 Å². The molecular formula is C23H28N4O2. The van der Waals surface area contributed by atoms with Crippen molar-refractivity contribution in [3.8, 4) is 17.0 Å². The zero-order valence-corrected chi connectivity index (χ0v) is 17.0. The number of carbonyl (C=O) groups excluding carboxylic acids is 1. The van der Waals surface area contributed by atoms with Crippen LogP contribution in [0.15, 0.2) is 60.7 Å². The third kappa shape index (κ3) is 6.10. The lowest BCUT2D eigenvalue weighted by atomic mass is 10.1. The molecule has 6 heteroatoms. The fourth-order valence-electron chi connectivity index (χ4n) is 3.11. The van der Waals surface area contributed by atoms with E-state index in [1.807, 2.05) is 43.4 Å². The van der Waals surface area contributed by atoms with Gasteiger partial charge in [0, 0.05) is 36.6 Å². The van der Waals surface area contributed by atoms with Crippen LogP contribution in [0.2, 0.25) is 0 Å². The number of amides is 2. The molecule has 0 bridgehead atoms. The minimum absolute atomic E-state index is 0.112. The number of H-pyrrole nitrogens is 1. The third-order valence-electron chi connectivity index (χ3n) is 4.81. The van der Waals surface area contributed by atoms with Crippen molar-refractivity contribution >= 4 is 11.7 Å². The molecule has 0 spiro atoms. The van der Waals surface area contributed by atoms with Crippen LogP contribution in [0.3, 0.4) is 0 Å². The van der Waals surface area contributed by atoms with Gasteiger partial charge >= 0.3 is 6.03 Å². The highest BCUT2D eigenvalue weighted by atomic mass is 16.5. The summed E-state index contributed by atoms with van der Waals surface area (Å²) >= 11 is 0. The molecule has 152 valence electrons. The number of hydrogen-bond donors (Lipinski definition) is 2. The molecule has 0 aliphatic heterocycles. The Morgan fingerprint density at radius 3 is 2.69 bits per heavy atom. The lowest BCUT2D eigenvalue weighted by molar-refractivity contribution is 0.221. The summed E-state index contributed by atoms with van der Waals surface area (Å²) in [6, 6.07) is 19.5. The van der Waals surface area contributed by atoms with Gasteiger partial charge in [-0.05, 0) is 37.5 Å². The molecule has 29 heavy (non-hydrogen) atoms. The summed E-state index contributed by atoms with van der Waals surface area (Å²) in [6.07, 6.45) is 4.03. The van der Waals surface area contributed by atoms with Gasteiger partial charge in [0.25, 0.3) is 0 Å². The van der Waals surface area contributed by atoms with Crippen molar-refractivity contribution in [1.29, 1.82) is 0 Å². The number of aromatic amines is 1. The lowest BCUT2D eigenvalue weighted by Crippen LogP contribution is -2.32. The maximum absolute atomic E-state index is 12.3. The van der Waals surface area contributed by atoms with Crippen molar-refractivity contribution in [3.05, 3.63) is 66.4 Å². The summed E-state index contributed by atoms with van der Waals surface area (Å²) < 4.78 is 5.18. The molecule has 0 aliphatic rings. The molecule has 0 fully saturated rings. The van der Waals surface area contributed by atoms with Crippen LogP contribution in [-0.4, -0.2) is 41.8 Å². The average molecular weight is 393 g/mol. The van der Waals surface area contributed by atoms with Gasteiger partial charge in [-0.1, -0.05) is 42.8 Å². The second-order valence-electron chi connectivity index (χ2n) is 7.04. The fourth-order valence-corrected chi connectivity index (χ4v) is 3.11. The van der Waals surface area contributed by atoms with Crippen LogP contribution < -0.4 is 10.1 Å². The van der Waals surface area contributed by atoms with E-state index in [9.17, 15) is 4.79 Å². The van der Waals surface area contributed by atoms with Gasteiger partial charge in [0.1, 0.15) is 5.75 Å². The monoisotopic (exact) mass is 392 g/mol. The smallest absolute Gasteiger partial charge is 0.321 e. The molecule has 3 rings (SSSR count). The predicted octanol–water partition coefficient (Wildman–Crippen LogP) is 4.96. The molecule has 2 N–H and O–H groups in total. The van der Waals surface area contributed by atoms with Crippen molar-refractivity contribution in [2.75, 3.05) is 26.0 Å². The van der Waals surface area contributed by atoms with Gasteiger partial charge in [-0.25, -0.2) is 4.79 Å². The first-order valence-electron chi connectivity index (χ1n) is 9.91. The normalized spacial score (nSPS) is 10.6. The van der Waals surface area contributed by atoms with Crippen molar-refractivity contribution in [3.63, 3.8) is 0 Å². The van der Waals surface area contributed by atoms with E-state index in [1.54, 1.807) is 18.1 Å². The molecule has 2 aromatic carbocycles. The van der Waals surface area contributed by atoms with E-state index in [-0.39, 0.29) is 6.03 Å². The highest BCUT2D eigenvalue weighted by Crippen LogP contribution is 2.18. The minimum atomic E-state index is -0.112. The number of aryl methyl sites for hydroxylation is 1. The Bertz CT molecular complexity index is 908. The molecule has 0 saturated heterocycles. The molecule has 0 atom stereocenters. The van der Waals surface area contributed by atoms with E-state index in [1.165, 1.54) is 0 Å². The van der Waals surface area contributed by atoms with Crippen LogP contribution in [0, 0.1) is 0 Å². The van der Waals surface area contributed by atoms with Crippen molar-refractivity contribution in [2.24, 2.45) is 0 Å². The highest BCUT2D eigenvalue weighted by Gasteiger charge is 2.09. The van der Waals surface area contributed by atoms with Crippen molar-refractivity contribution < 1.29 is 9.53 Å². The molecule has 6 nitrogen and oxygen atoms in total. The van der Waals surface area contributed by atoms with Gasteiger partial charge in [0.05, 0.1) is 12.8 Å². The van der Waals surface area contributed by atoms with E-state index < -0.39 is 0 Å². The zero-order valence-electron chi connectivity index (χ0n) is 17.0. The third-order valence-corrected chi connectivity index (χ3v) is 4.81. The van der Waals surface area contributed by atoms with E-state index >= 15 is 0 Å². The number of nitrogens with zero attached hydrogens (tertiary/aromatic N) is 2. The summed E-state index contributed by atoms with van der Waals surface area (Å²) in [4.78, 5) is 14.0. The number of carbonyl (C=O) groups is 1. The number of ether oxygens (including phenoxy) is 1. The Balaban J connectivity index is 1.36. The Morgan fingerprint density at radius 2 is 1.90 bits per heavy atom. The number of anilines is 1. The first kappa shape index (κ1) is 20.5. The van der Waals surface area contributed by atoms with Crippen molar-refractivity contribution in [1.82, 2.24) is 15.1 Å². The Kier molecular flexibility index (Phi) is 7.28. The molecule has 1 aromatic heterocycles. The second kappa shape index (κ2) is 10.3. The Morgan fingerprint density at radius 1 is 1.07 bits per heavy atom. The van der Waals surface area contributed by atoms with Crippen molar-refractivity contribution in [2.45, 2.75) is 25.7 Å². The van der Waals surface area contributed by atoms with Crippen LogP contribution in [0.5, 0.6) is 5.75 Å². The highest BCUT2D eigenvalue weighted by molar-refractivity contribution is 5.89. The number of benzene rings is 2. The summed E-state index contributed by atoms with van der Waals surface area (Å²) in [6.45, 7) is 0.716. The molecule has 0 radical (unpaired) electrons. The zero-order chi connectivity index (χ0) is 20.5. The Labute approximate surface area is 171 Å². The van der Waals surface area contributed by atoms with Gasteiger partial charge in [-0.15, -0.1) is 0 Å². The van der Waals surface area contributed by atoms with Gasteiger partial charge in [-0.2, -0.15) is 5.10 Å². The molecule has 3 aromatic rings. The maximum atomic E-state index is 12.3. The van der Waals surface area contributed by atoms with Crippen LogP contribution in [0.25, 0.3) is 11.3 Å². The standard InChI is InChI=1S/C23H28N4O2/c1-27(23(28)24-19-13-9-14-21(16-19)29-2)15-8-4-7-12-20-17-22(26-25-20)18-10-5-3-6-11-18/h3,5-6,9-11,13-14,16-17H,4,7-8,12,15H2,1-2H3,(H,24,28)(H,25,26). The van der Waals surface area contributed by atoms with E-state index in [0.29, 0.717) is 6.54 Å². The maximum Gasteiger partial charge on any atom is 0.321 e. The van der Waals surface area contributed by atoms with Gasteiger partial charge in [-0.3, -0.25) is 5.10 Å². The van der Waals surface area contributed by atoms with Crippen LogP contribution in [0.4, 0.5) is 10.5 Å². The molecule has 2 amide bonds. The summed E-state index contributed by atoms with van der Waals surface area (Å²) in [5.41, 5.74) is 3.98. The van der Waals surface area contributed by atoms with Gasteiger partial charge < -0.3 is 15.0 Å². The number of rotatable bonds is 9. The largest absolute Gasteiger partial charge is 0.497 e. The summed E-state index contributed by atoms with van der Waals surface area (Å²) in [7, 11) is 3.43. The van der Waals surface area contributed by atoms with Gasteiger partial charge in [0.15, 0.2) is 0 Å². The van der Waals surface area contributed by atoms with E-state index in [0.717, 1.165) is 54.1 Å². The molecule has 0 unspecified atom stereocenters. The second-order valence-corrected chi connectivity index (χ2v) is 7.04. The number of hydrogen-bond acceptors (Lipinski definition) is 3. The summed E-state index contributed by atoms with van der Waals surface area (Å²) in [5, 5.41) is 10.4. The predicted molar refractivity (Wildman–Crippen MR) is 116 cm³/mol. The average Bonchev–Trinajstić information content (AvgIpc) is 3.23. The molecular weight excluding hydrogens is 364 g/mol. The first-order valence-corrected chi connectivity index (χ1v) is 9.91. The molecule has 0 saturated carbocycles. The quantitative estimate of drug-likeness (QED) is 0.506. The van der Waals surface area contributed by atoms with E-state index in [4.69, 9.17) is 4.74 Å². The minimum Gasteiger partial charge on any atom is -0.497 e. The molecule has 0 aliphatic carbocycles. The number of methoxy groups -OCH3 is 1. The lowest BCUT2D eigenvalue weighted by Gasteiger charge is -2.18. The Hall–Kier alpha value is -3.28. The van der Waals surface area contributed by atoms with Gasteiger partial charge in [0.2, 0.25) is 0 Å². The number of urea groups is 1. The van der Waals surface area contributed by atoms with E-state index in [2.05, 4.69) is 33.7 Å². The SMILES string of the molecule is COc1cccc(NC(=O)N(C)CCCCCc2cc(-c3ccccc3)n[nH]2)c1. The number of unbranched alkanes of at least 4 members (excludes halogenated alkanes) is 2. The van der Waals surface area contributed by atoms with Crippen LogP contribution >= 0.6 is 0 Å². The topological polar surface area (TPSA) is 70.2 Å². The summed E-state index contributed by atoms with van der Waals surface area (Å²) in [5.74, 6) is 0.722. The molecule has 1 heterocycles. The van der Waals surface area contributed by atoms with Crippen LogP contribution in [0.1, 0.15) is 25.0 Å². The first-order chi connectivity index (χ1) is 14.2.